The van der Waals surface area contributed by atoms with Crippen LogP contribution in [0.2, 0.25) is 0 Å². The molecule has 6 nitrogen and oxygen atoms in total. The van der Waals surface area contributed by atoms with Crippen molar-refractivity contribution in [2.75, 3.05) is 24.4 Å². The van der Waals surface area contributed by atoms with E-state index in [9.17, 15) is 9.59 Å². The first-order valence-corrected chi connectivity index (χ1v) is 12.0. The quantitative estimate of drug-likeness (QED) is 0.567. The van der Waals surface area contributed by atoms with Gasteiger partial charge in [0.05, 0.1) is 31.6 Å². The molecule has 1 N–H and O–H groups in total. The first kappa shape index (κ1) is 23.9. The minimum atomic E-state index is -0.557. The number of carbonyl (C=O) groups excluding carboxylic acids is 2. The number of allylic oxidation sites excluding steroid dienone is 1. The van der Waals surface area contributed by atoms with Gasteiger partial charge in [0.25, 0.3) is 0 Å². The van der Waals surface area contributed by atoms with Gasteiger partial charge in [-0.2, -0.15) is 0 Å². The Bertz CT molecular complexity index is 1130. The van der Waals surface area contributed by atoms with Gasteiger partial charge in [-0.25, -0.2) is 0 Å². The van der Waals surface area contributed by atoms with Gasteiger partial charge in [-0.05, 0) is 48.1 Å². The van der Waals surface area contributed by atoms with Crippen molar-refractivity contribution >= 4 is 23.1 Å². The summed E-state index contributed by atoms with van der Waals surface area (Å²) >= 11 is 0. The van der Waals surface area contributed by atoms with Crippen LogP contribution in [0.3, 0.4) is 0 Å². The van der Waals surface area contributed by atoms with Crippen LogP contribution in [0.25, 0.3) is 0 Å². The highest BCUT2D eigenvalue weighted by Crippen LogP contribution is 2.49. The number of carbonyl (C=O) groups is 2. The van der Waals surface area contributed by atoms with Crippen LogP contribution < -0.4 is 19.7 Å². The third kappa shape index (κ3) is 4.41. The molecule has 1 heterocycles. The summed E-state index contributed by atoms with van der Waals surface area (Å²) in [7, 11) is 3.19. The number of fused-ring (bicyclic) bond motifs is 1. The van der Waals surface area contributed by atoms with E-state index >= 15 is 0 Å². The predicted octanol–water partition coefficient (Wildman–Crippen LogP) is 6.04. The van der Waals surface area contributed by atoms with Crippen LogP contribution in [0, 0.1) is 5.41 Å². The number of nitrogens with zero attached hydrogens (tertiary/aromatic N) is 1. The molecule has 4 rings (SSSR count). The molecule has 1 aliphatic heterocycles. The monoisotopic (exact) mass is 462 g/mol. The van der Waals surface area contributed by atoms with E-state index in [4.69, 9.17) is 9.47 Å². The highest BCUT2D eigenvalue weighted by atomic mass is 16.5. The molecule has 0 fully saturated rings. The summed E-state index contributed by atoms with van der Waals surface area (Å²) in [6, 6.07) is 12.9. The minimum Gasteiger partial charge on any atom is -0.493 e. The Hall–Kier alpha value is -3.28. The van der Waals surface area contributed by atoms with E-state index < -0.39 is 6.04 Å². The fraction of sp³-hybridized carbons (Fsp3) is 0.429. The molecule has 0 saturated carbocycles. The molecule has 2 aliphatic rings. The number of anilines is 2. The number of benzene rings is 2. The molecule has 0 saturated heterocycles. The van der Waals surface area contributed by atoms with E-state index in [0.717, 1.165) is 41.9 Å². The number of Topliss-reactive ketones (excluding diaryl/α,β-unsaturated/α-hetero) is 1. The van der Waals surface area contributed by atoms with Crippen LogP contribution >= 0.6 is 0 Å². The van der Waals surface area contributed by atoms with Crippen molar-refractivity contribution in [1.29, 1.82) is 0 Å². The fourth-order valence-electron chi connectivity index (χ4n) is 5.05. The van der Waals surface area contributed by atoms with Crippen molar-refractivity contribution in [3.63, 3.8) is 0 Å². The molecule has 0 spiro atoms. The van der Waals surface area contributed by atoms with Crippen LogP contribution in [0.4, 0.5) is 11.4 Å². The maximum absolute atomic E-state index is 13.8. The van der Waals surface area contributed by atoms with Gasteiger partial charge < -0.3 is 14.8 Å². The number of rotatable bonds is 6. The van der Waals surface area contributed by atoms with E-state index in [-0.39, 0.29) is 17.1 Å². The lowest BCUT2D eigenvalue weighted by Crippen LogP contribution is -2.39. The van der Waals surface area contributed by atoms with Crippen molar-refractivity contribution in [2.24, 2.45) is 5.41 Å². The Labute approximate surface area is 201 Å². The molecule has 1 aliphatic carbocycles. The van der Waals surface area contributed by atoms with Gasteiger partial charge >= 0.3 is 0 Å². The van der Waals surface area contributed by atoms with Gasteiger partial charge in [0, 0.05) is 24.1 Å². The second kappa shape index (κ2) is 9.53. The number of para-hydroxylation sites is 2. The summed E-state index contributed by atoms with van der Waals surface area (Å²) in [4.78, 5) is 29.3. The van der Waals surface area contributed by atoms with E-state index in [1.165, 1.54) is 0 Å². The van der Waals surface area contributed by atoms with Crippen LogP contribution in [0.5, 0.6) is 11.5 Å². The zero-order valence-electron chi connectivity index (χ0n) is 20.7. The van der Waals surface area contributed by atoms with Gasteiger partial charge in [-0.3, -0.25) is 14.5 Å². The Morgan fingerprint density at radius 1 is 1.09 bits per heavy atom. The lowest BCUT2D eigenvalue weighted by atomic mass is 9.73. The van der Waals surface area contributed by atoms with Gasteiger partial charge in [0.15, 0.2) is 17.3 Å². The molecule has 0 radical (unpaired) electrons. The Morgan fingerprint density at radius 3 is 2.53 bits per heavy atom. The standard InChI is InChI=1S/C28H34N2O4/c1-6-7-12-25(32)30-21-11-9-8-10-19(21)29-20-16-28(2,3)17-22(31)26(20)27(30)18-13-14-23(33-4)24(15-18)34-5/h8-11,13-15,27,29H,6-7,12,16-17H2,1-5H3/t27-/m1/s1. The number of methoxy groups -OCH3 is 2. The van der Waals surface area contributed by atoms with Gasteiger partial charge in [0.1, 0.15) is 0 Å². The van der Waals surface area contributed by atoms with Crippen LogP contribution in [-0.2, 0) is 9.59 Å². The zero-order valence-corrected chi connectivity index (χ0v) is 20.7. The number of hydrogen-bond acceptors (Lipinski definition) is 5. The SMILES string of the molecule is CCCCC(=O)N1c2ccccc2NC2=C(C(=O)CC(C)(C)C2)[C@H]1c1ccc(OC)c(OC)c1. The summed E-state index contributed by atoms with van der Waals surface area (Å²) in [5.74, 6) is 1.24. The summed E-state index contributed by atoms with van der Waals surface area (Å²) in [6.07, 6.45) is 3.28. The van der Waals surface area contributed by atoms with Crippen LogP contribution in [0.15, 0.2) is 53.7 Å². The Kier molecular flexibility index (Phi) is 6.69. The van der Waals surface area contributed by atoms with Gasteiger partial charge in [-0.15, -0.1) is 0 Å². The van der Waals surface area contributed by atoms with Crippen molar-refractivity contribution in [1.82, 2.24) is 0 Å². The highest BCUT2D eigenvalue weighted by Gasteiger charge is 2.43. The number of ketones is 1. The molecule has 1 atom stereocenters. The number of amides is 1. The van der Waals surface area contributed by atoms with Crippen LogP contribution in [0.1, 0.15) is 64.5 Å². The molecule has 34 heavy (non-hydrogen) atoms. The third-order valence-corrected chi connectivity index (χ3v) is 6.64. The molecule has 0 bridgehead atoms. The number of nitrogens with one attached hydrogen (secondary N) is 1. The molecule has 0 unspecified atom stereocenters. The number of ether oxygens (including phenoxy) is 2. The maximum atomic E-state index is 13.8. The molecule has 180 valence electrons. The molecule has 2 aromatic carbocycles. The second-order valence-corrected chi connectivity index (χ2v) is 9.86. The van der Waals surface area contributed by atoms with Crippen molar-refractivity contribution < 1.29 is 19.1 Å². The van der Waals surface area contributed by atoms with Crippen LogP contribution in [-0.4, -0.2) is 25.9 Å². The fourth-order valence-corrected chi connectivity index (χ4v) is 5.05. The van der Waals surface area contributed by atoms with Crippen molar-refractivity contribution in [3.05, 3.63) is 59.3 Å². The normalized spacial score (nSPS) is 19.0. The maximum Gasteiger partial charge on any atom is 0.227 e. The first-order chi connectivity index (χ1) is 16.3. The largest absolute Gasteiger partial charge is 0.493 e. The van der Waals surface area contributed by atoms with Gasteiger partial charge in [0.2, 0.25) is 5.91 Å². The second-order valence-electron chi connectivity index (χ2n) is 9.86. The zero-order chi connectivity index (χ0) is 24.5. The molecule has 2 aromatic rings. The summed E-state index contributed by atoms with van der Waals surface area (Å²) < 4.78 is 11.0. The lowest BCUT2D eigenvalue weighted by molar-refractivity contribution is -0.119. The molecule has 6 heteroatoms. The molecule has 0 aromatic heterocycles. The van der Waals surface area contributed by atoms with E-state index in [1.54, 1.807) is 14.2 Å². The lowest BCUT2D eigenvalue weighted by Gasteiger charge is -2.37. The molecular weight excluding hydrogens is 428 g/mol. The molecule has 1 amide bonds. The summed E-state index contributed by atoms with van der Waals surface area (Å²) in [5, 5.41) is 3.55. The first-order valence-electron chi connectivity index (χ1n) is 12.0. The Morgan fingerprint density at radius 2 is 1.82 bits per heavy atom. The summed E-state index contributed by atoms with van der Waals surface area (Å²) in [5.41, 5.74) is 3.83. The third-order valence-electron chi connectivity index (χ3n) is 6.64. The average molecular weight is 463 g/mol. The average Bonchev–Trinajstić information content (AvgIpc) is 2.95. The van der Waals surface area contributed by atoms with E-state index in [0.29, 0.717) is 29.9 Å². The van der Waals surface area contributed by atoms with E-state index in [1.807, 2.05) is 47.4 Å². The number of unbranched alkanes of at least 4 members (excludes halogenated alkanes) is 1. The van der Waals surface area contributed by atoms with Gasteiger partial charge in [-0.1, -0.05) is 45.4 Å². The Balaban J connectivity index is 1.98. The summed E-state index contributed by atoms with van der Waals surface area (Å²) in [6.45, 7) is 6.30. The van der Waals surface area contributed by atoms with Crippen molar-refractivity contribution in [3.8, 4) is 11.5 Å². The highest BCUT2D eigenvalue weighted by molar-refractivity contribution is 6.06. The molecular formula is C28H34N2O4. The minimum absolute atomic E-state index is 0.00210. The van der Waals surface area contributed by atoms with Crippen molar-refractivity contribution in [2.45, 2.75) is 58.9 Å². The topological polar surface area (TPSA) is 67.9 Å². The number of hydrogen-bond donors (Lipinski definition) is 1. The van der Waals surface area contributed by atoms with E-state index in [2.05, 4.69) is 26.1 Å². The smallest absolute Gasteiger partial charge is 0.227 e. The predicted molar refractivity (Wildman–Crippen MR) is 134 cm³/mol.